The number of halogens is 3. The number of rotatable bonds is 8. The van der Waals surface area contributed by atoms with E-state index in [2.05, 4.69) is 13.8 Å². The maximum Gasteiger partial charge on any atom is 0.416 e. The summed E-state index contributed by atoms with van der Waals surface area (Å²) in [5.74, 6) is -0.634. The number of hydrogen-bond acceptors (Lipinski definition) is 3. The molecule has 1 aliphatic rings. The minimum atomic E-state index is -4.57. The Morgan fingerprint density at radius 3 is 2.74 bits per heavy atom. The van der Waals surface area contributed by atoms with Crippen molar-refractivity contribution in [1.29, 1.82) is 0 Å². The first kappa shape index (κ1) is 21.3. The van der Waals surface area contributed by atoms with Gasteiger partial charge in [0.1, 0.15) is 12.4 Å². The zero-order valence-corrected chi connectivity index (χ0v) is 15.6. The van der Waals surface area contributed by atoms with E-state index < -0.39 is 17.7 Å². The Morgan fingerprint density at radius 2 is 2.11 bits per heavy atom. The third kappa shape index (κ3) is 5.99. The lowest BCUT2D eigenvalue weighted by molar-refractivity contribution is -0.140. The van der Waals surface area contributed by atoms with E-state index in [1.165, 1.54) is 17.7 Å². The van der Waals surface area contributed by atoms with Gasteiger partial charge in [-0.2, -0.15) is 13.2 Å². The van der Waals surface area contributed by atoms with Crippen LogP contribution in [0, 0.1) is 5.92 Å². The summed E-state index contributed by atoms with van der Waals surface area (Å²) in [5.41, 5.74) is 1.35. The van der Waals surface area contributed by atoms with Crippen LogP contribution in [0.4, 0.5) is 13.2 Å². The average Bonchev–Trinajstić information content (AvgIpc) is 2.63. The summed E-state index contributed by atoms with van der Waals surface area (Å²) in [5, 5.41) is 8.72. The third-order valence-corrected chi connectivity index (χ3v) is 4.86. The molecule has 0 radical (unpaired) electrons. The van der Waals surface area contributed by atoms with Crippen LogP contribution in [-0.2, 0) is 22.1 Å². The van der Waals surface area contributed by atoms with Gasteiger partial charge in [0.2, 0.25) is 0 Å². The Labute approximate surface area is 157 Å². The zero-order valence-electron chi connectivity index (χ0n) is 15.6. The molecule has 1 heterocycles. The number of alkyl halides is 3. The van der Waals surface area contributed by atoms with Gasteiger partial charge in [-0.1, -0.05) is 25.5 Å². The van der Waals surface area contributed by atoms with E-state index in [1.54, 1.807) is 0 Å². The second-order valence-electron chi connectivity index (χ2n) is 6.74. The van der Waals surface area contributed by atoms with Crippen molar-refractivity contribution in [3.63, 3.8) is 0 Å². The summed E-state index contributed by atoms with van der Waals surface area (Å²) in [6.07, 6.45) is -3.30. The van der Waals surface area contributed by atoms with Crippen LogP contribution in [0.25, 0.3) is 0 Å². The standard InChI is InChI=1S/C20H25F3O4/c1-3-13(2)17-8-9-26-11-15(17)12-27-16-6-4-14(5-7-19(24)25)18(10-16)20(21,22)23/h4,6,10,13H,3,5,7-9,11-12H2,1-2H3,(H,24,25). The van der Waals surface area contributed by atoms with E-state index >= 15 is 0 Å². The SMILES string of the molecule is CCC(C)C1=C(COc2ccc(CCC(=O)O)c(C(F)(F)F)c2)COCC1. The van der Waals surface area contributed by atoms with Crippen LogP contribution in [0.3, 0.4) is 0 Å². The van der Waals surface area contributed by atoms with Gasteiger partial charge in [-0.3, -0.25) is 4.79 Å². The van der Waals surface area contributed by atoms with Crippen molar-refractivity contribution in [3.8, 4) is 5.75 Å². The lowest BCUT2D eigenvalue weighted by atomic mass is 9.90. The molecule has 0 aliphatic carbocycles. The van der Waals surface area contributed by atoms with E-state index in [4.69, 9.17) is 14.6 Å². The van der Waals surface area contributed by atoms with E-state index in [-0.39, 0.29) is 30.8 Å². The Bertz CT molecular complexity index is 695. The van der Waals surface area contributed by atoms with Gasteiger partial charge in [-0.25, -0.2) is 0 Å². The van der Waals surface area contributed by atoms with Crippen molar-refractivity contribution >= 4 is 5.97 Å². The van der Waals surface area contributed by atoms with E-state index in [0.29, 0.717) is 19.1 Å². The first-order chi connectivity index (χ1) is 12.7. The Balaban J connectivity index is 2.19. The fourth-order valence-corrected chi connectivity index (χ4v) is 3.16. The summed E-state index contributed by atoms with van der Waals surface area (Å²) < 4.78 is 51.1. The number of aliphatic carboxylic acids is 1. The van der Waals surface area contributed by atoms with Crippen LogP contribution in [0.1, 0.15) is 44.2 Å². The second kappa shape index (κ2) is 9.26. The summed E-state index contributed by atoms with van der Waals surface area (Å²) in [7, 11) is 0. The molecule has 1 aromatic carbocycles. The topological polar surface area (TPSA) is 55.8 Å². The molecule has 2 rings (SSSR count). The molecule has 150 valence electrons. The molecular formula is C20H25F3O4. The van der Waals surface area contributed by atoms with Crippen molar-refractivity contribution in [3.05, 3.63) is 40.5 Å². The summed E-state index contributed by atoms with van der Waals surface area (Å²) >= 11 is 0. The molecule has 0 amide bonds. The first-order valence-electron chi connectivity index (χ1n) is 9.05. The van der Waals surface area contributed by atoms with Crippen molar-refractivity contribution in [2.75, 3.05) is 19.8 Å². The highest BCUT2D eigenvalue weighted by Gasteiger charge is 2.34. The van der Waals surface area contributed by atoms with Gasteiger partial charge in [0.25, 0.3) is 0 Å². The Hall–Kier alpha value is -2.02. The smallest absolute Gasteiger partial charge is 0.416 e. The van der Waals surface area contributed by atoms with Crippen LogP contribution in [0.5, 0.6) is 5.75 Å². The average molecular weight is 386 g/mol. The van der Waals surface area contributed by atoms with Gasteiger partial charge >= 0.3 is 12.1 Å². The van der Waals surface area contributed by atoms with Crippen molar-refractivity contribution in [1.82, 2.24) is 0 Å². The fourth-order valence-electron chi connectivity index (χ4n) is 3.16. The number of hydrogen-bond donors (Lipinski definition) is 1. The minimum absolute atomic E-state index is 0.0437. The highest BCUT2D eigenvalue weighted by Crippen LogP contribution is 2.35. The monoisotopic (exact) mass is 386 g/mol. The quantitative estimate of drug-likeness (QED) is 0.648. The predicted octanol–water partition coefficient (Wildman–Crippen LogP) is 4.86. The highest BCUT2D eigenvalue weighted by atomic mass is 19.4. The summed E-state index contributed by atoms with van der Waals surface area (Å²) in [6.45, 7) is 5.49. The van der Waals surface area contributed by atoms with Gasteiger partial charge in [-0.05, 0) is 48.4 Å². The molecule has 0 aromatic heterocycles. The molecular weight excluding hydrogens is 361 g/mol. The minimum Gasteiger partial charge on any atom is -0.489 e. The van der Waals surface area contributed by atoms with Crippen molar-refractivity contribution in [2.24, 2.45) is 5.92 Å². The van der Waals surface area contributed by atoms with Crippen molar-refractivity contribution < 1.29 is 32.5 Å². The largest absolute Gasteiger partial charge is 0.489 e. The summed E-state index contributed by atoms with van der Waals surface area (Å²) in [6, 6.07) is 3.70. The van der Waals surface area contributed by atoms with E-state index in [9.17, 15) is 18.0 Å². The van der Waals surface area contributed by atoms with Gasteiger partial charge in [-0.15, -0.1) is 0 Å². The number of carboxylic acid groups (broad SMARTS) is 1. The number of benzene rings is 1. The van der Waals surface area contributed by atoms with Gasteiger partial charge in [0.05, 0.1) is 18.8 Å². The Morgan fingerprint density at radius 1 is 1.37 bits per heavy atom. The van der Waals surface area contributed by atoms with Gasteiger partial charge in [0.15, 0.2) is 0 Å². The summed E-state index contributed by atoms with van der Waals surface area (Å²) in [4.78, 5) is 10.7. The number of ether oxygens (including phenoxy) is 2. The maximum atomic E-state index is 13.3. The molecule has 4 nitrogen and oxygen atoms in total. The molecule has 7 heteroatoms. The van der Waals surface area contributed by atoms with Crippen LogP contribution >= 0.6 is 0 Å². The van der Waals surface area contributed by atoms with E-state index in [0.717, 1.165) is 24.5 Å². The fraction of sp³-hybridized carbons (Fsp3) is 0.550. The molecule has 1 unspecified atom stereocenters. The van der Waals surface area contributed by atoms with Gasteiger partial charge < -0.3 is 14.6 Å². The second-order valence-corrected chi connectivity index (χ2v) is 6.74. The molecule has 1 aromatic rings. The molecule has 0 saturated carbocycles. The van der Waals surface area contributed by atoms with Crippen LogP contribution in [0.2, 0.25) is 0 Å². The normalized spacial score (nSPS) is 16.3. The number of carboxylic acids is 1. The van der Waals surface area contributed by atoms with E-state index in [1.807, 2.05) is 0 Å². The third-order valence-electron chi connectivity index (χ3n) is 4.86. The first-order valence-corrected chi connectivity index (χ1v) is 9.05. The molecule has 1 N–H and O–H groups in total. The molecule has 27 heavy (non-hydrogen) atoms. The van der Waals surface area contributed by atoms with Gasteiger partial charge in [0, 0.05) is 6.42 Å². The van der Waals surface area contributed by atoms with Crippen LogP contribution < -0.4 is 4.74 Å². The van der Waals surface area contributed by atoms with Crippen LogP contribution in [-0.4, -0.2) is 30.9 Å². The van der Waals surface area contributed by atoms with Crippen molar-refractivity contribution in [2.45, 2.75) is 45.7 Å². The number of aryl methyl sites for hydroxylation is 1. The number of carbonyl (C=O) groups is 1. The molecule has 0 spiro atoms. The van der Waals surface area contributed by atoms with Crippen LogP contribution in [0.15, 0.2) is 29.3 Å². The molecule has 1 atom stereocenters. The predicted molar refractivity (Wildman–Crippen MR) is 94.8 cm³/mol. The molecule has 0 saturated heterocycles. The molecule has 0 fully saturated rings. The lowest BCUT2D eigenvalue weighted by Crippen LogP contribution is -2.20. The zero-order chi connectivity index (χ0) is 20.0. The maximum absolute atomic E-state index is 13.3. The molecule has 0 bridgehead atoms. The Kier molecular flexibility index (Phi) is 7.30. The lowest BCUT2D eigenvalue weighted by Gasteiger charge is -2.25. The highest BCUT2D eigenvalue weighted by molar-refractivity contribution is 5.67. The molecule has 1 aliphatic heterocycles.